The number of benzene rings is 1. The van der Waals surface area contributed by atoms with Crippen LogP contribution in [-0.4, -0.2) is 42.3 Å². The molecule has 0 spiro atoms. The minimum absolute atomic E-state index is 0.308. The van der Waals surface area contributed by atoms with E-state index in [9.17, 15) is 4.79 Å². The third-order valence-electron chi connectivity index (χ3n) is 4.10. The molecule has 0 unspecified atom stereocenters. The number of ether oxygens (including phenoxy) is 1. The van der Waals surface area contributed by atoms with Gasteiger partial charge in [-0.3, -0.25) is 0 Å². The quantitative estimate of drug-likeness (QED) is 0.897. The lowest BCUT2D eigenvalue weighted by Crippen LogP contribution is -2.37. The average Bonchev–Trinajstić information content (AvgIpc) is 2.61. The highest BCUT2D eigenvalue weighted by atomic mass is 16.5. The number of amides is 2. The fraction of sp³-hybridized carbons (Fsp3) is 0.389. The number of nitrogens with zero attached hydrogens (tertiary/aromatic N) is 3. The van der Waals surface area contributed by atoms with Gasteiger partial charge in [0.2, 0.25) is 5.95 Å². The van der Waals surface area contributed by atoms with Crippen molar-refractivity contribution in [3.63, 3.8) is 0 Å². The van der Waals surface area contributed by atoms with Crippen molar-refractivity contribution in [3.05, 3.63) is 41.2 Å². The van der Waals surface area contributed by atoms with Crippen LogP contribution in [-0.2, 0) is 4.74 Å². The summed E-state index contributed by atoms with van der Waals surface area (Å²) in [7, 11) is 0. The Morgan fingerprint density at radius 2 is 1.60 bits per heavy atom. The number of urea groups is 1. The first kappa shape index (κ1) is 17.2. The lowest BCUT2D eigenvalue weighted by atomic mass is 10.2. The van der Waals surface area contributed by atoms with Crippen LogP contribution < -0.4 is 15.5 Å². The predicted octanol–water partition coefficient (Wildman–Crippen LogP) is 2.88. The van der Waals surface area contributed by atoms with E-state index in [-0.39, 0.29) is 6.03 Å². The summed E-state index contributed by atoms with van der Waals surface area (Å²) in [6.45, 7) is 8.67. The maximum atomic E-state index is 12.3. The van der Waals surface area contributed by atoms with Gasteiger partial charge in [0.25, 0.3) is 0 Å². The fourth-order valence-corrected chi connectivity index (χ4v) is 2.70. The number of hydrogen-bond donors (Lipinski definition) is 2. The number of carbonyl (C=O) groups excluding carboxylic acids is 1. The van der Waals surface area contributed by atoms with E-state index in [2.05, 4.69) is 25.5 Å². The zero-order chi connectivity index (χ0) is 17.8. The van der Waals surface area contributed by atoms with Gasteiger partial charge in [0.1, 0.15) is 0 Å². The lowest BCUT2D eigenvalue weighted by Gasteiger charge is -2.27. The van der Waals surface area contributed by atoms with Crippen molar-refractivity contribution in [3.8, 4) is 0 Å². The first-order chi connectivity index (χ1) is 12.0. The van der Waals surface area contributed by atoms with Crippen molar-refractivity contribution >= 4 is 23.4 Å². The molecule has 2 aromatic rings. The number of rotatable bonds is 3. The SMILES string of the molecule is Cc1ccc(NC(=O)Nc2c(C)nc(N3CCOCC3)nc2C)cc1. The Labute approximate surface area is 147 Å². The zero-order valence-corrected chi connectivity index (χ0v) is 14.8. The van der Waals surface area contributed by atoms with Crippen LogP contribution in [0.25, 0.3) is 0 Å². The largest absolute Gasteiger partial charge is 0.378 e. The van der Waals surface area contributed by atoms with Gasteiger partial charge in [0.05, 0.1) is 30.3 Å². The molecule has 0 atom stereocenters. The molecule has 2 N–H and O–H groups in total. The molecule has 3 rings (SSSR count). The summed E-state index contributed by atoms with van der Waals surface area (Å²) in [5, 5.41) is 5.67. The third-order valence-corrected chi connectivity index (χ3v) is 4.10. The Balaban J connectivity index is 1.71. The molecular formula is C18H23N5O2. The summed E-state index contributed by atoms with van der Waals surface area (Å²) in [5.74, 6) is 0.683. The number of aromatic nitrogens is 2. The molecule has 1 fully saturated rings. The minimum atomic E-state index is -0.308. The average molecular weight is 341 g/mol. The van der Waals surface area contributed by atoms with Crippen molar-refractivity contribution < 1.29 is 9.53 Å². The lowest BCUT2D eigenvalue weighted by molar-refractivity contribution is 0.122. The van der Waals surface area contributed by atoms with Crippen molar-refractivity contribution in [1.82, 2.24) is 9.97 Å². The predicted molar refractivity (Wildman–Crippen MR) is 98.4 cm³/mol. The van der Waals surface area contributed by atoms with Gasteiger partial charge in [0, 0.05) is 18.8 Å². The highest BCUT2D eigenvalue weighted by Crippen LogP contribution is 2.21. The number of hydrogen-bond acceptors (Lipinski definition) is 5. The molecule has 0 saturated carbocycles. The second-order valence-corrected chi connectivity index (χ2v) is 6.11. The van der Waals surface area contributed by atoms with Crippen LogP contribution in [0.4, 0.5) is 22.1 Å². The van der Waals surface area contributed by atoms with Gasteiger partial charge < -0.3 is 20.3 Å². The van der Waals surface area contributed by atoms with Gasteiger partial charge in [-0.2, -0.15) is 0 Å². The van der Waals surface area contributed by atoms with Crippen molar-refractivity contribution in [2.45, 2.75) is 20.8 Å². The number of aryl methyl sites for hydroxylation is 3. The fourth-order valence-electron chi connectivity index (χ4n) is 2.70. The molecule has 7 nitrogen and oxygen atoms in total. The van der Waals surface area contributed by atoms with E-state index in [4.69, 9.17) is 4.74 Å². The zero-order valence-electron chi connectivity index (χ0n) is 14.8. The molecule has 2 heterocycles. The van der Waals surface area contributed by atoms with Crippen LogP contribution in [0.1, 0.15) is 17.0 Å². The van der Waals surface area contributed by atoms with E-state index in [1.165, 1.54) is 0 Å². The topological polar surface area (TPSA) is 79.4 Å². The molecule has 25 heavy (non-hydrogen) atoms. The molecule has 1 aromatic heterocycles. The summed E-state index contributed by atoms with van der Waals surface area (Å²) in [6.07, 6.45) is 0. The van der Waals surface area contributed by atoms with Crippen LogP contribution in [0.3, 0.4) is 0 Å². The van der Waals surface area contributed by atoms with E-state index in [1.807, 2.05) is 45.0 Å². The summed E-state index contributed by atoms with van der Waals surface area (Å²) in [4.78, 5) is 23.4. The van der Waals surface area contributed by atoms with E-state index in [1.54, 1.807) is 0 Å². The van der Waals surface area contributed by atoms with Crippen LogP contribution in [0.2, 0.25) is 0 Å². The molecular weight excluding hydrogens is 318 g/mol. The Morgan fingerprint density at radius 1 is 1.00 bits per heavy atom. The molecule has 1 aliphatic heterocycles. The molecule has 0 radical (unpaired) electrons. The summed E-state index contributed by atoms with van der Waals surface area (Å²) < 4.78 is 5.36. The van der Waals surface area contributed by atoms with Crippen molar-refractivity contribution in [1.29, 1.82) is 0 Å². The number of nitrogens with one attached hydrogen (secondary N) is 2. The first-order valence-electron chi connectivity index (χ1n) is 8.35. The van der Waals surface area contributed by atoms with Crippen LogP contribution in [0.5, 0.6) is 0 Å². The van der Waals surface area contributed by atoms with Crippen LogP contribution in [0, 0.1) is 20.8 Å². The monoisotopic (exact) mass is 341 g/mol. The number of anilines is 3. The van der Waals surface area contributed by atoms with Crippen LogP contribution >= 0.6 is 0 Å². The third kappa shape index (κ3) is 4.24. The minimum Gasteiger partial charge on any atom is -0.378 e. The molecule has 132 valence electrons. The Morgan fingerprint density at radius 3 is 2.20 bits per heavy atom. The number of carbonyl (C=O) groups is 1. The molecule has 2 amide bonds. The summed E-state index contributed by atoms with van der Waals surface area (Å²) >= 11 is 0. The van der Waals surface area contributed by atoms with E-state index in [0.29, 0.717) is 24.8 Å². The second-order valence-electron chi connectivity index (χ2n) is 6.11. The van der Waals surface area contributed by atoms with Crippen molar-refractivity contribution in [2.75, 3.05) is 41.8 Å². The Kier molecular flexibility index (Phi) is 5.14. The van der Waals surface area contributed by atoms with Gasteiger partial charge in [-0.15, -0.1) is 0 Å². The molecule has 1 saturated heterocycles. The smallest absolute Gasteiger partial charge is 0.323 e. The normalized spacial score (nSPS) is 14.3. The highest BCUT2D eigenvalue weighted by Gasteiger charge is 2.17. The van der Waals surface area contributed by atoms with E-state index < -0.39 is 0 Å². The maximum absolute atomic E-state index is 12.3. The van der Waals surface area contributed by atoms with Gasteiger partial charge in [-0.25, -0.2) is 14.8 Å². The van der Waals surface area contributed by atoms with Crippen LogP contribution in [0.15, 0.2) is 24.3 Å². The standard InChI is InChI=1S/C18H23N5O2/c1-12-4-6-15(7-5-12)21-18(24)22-16-13(2)19-17(20-14(16)3)23-8-10-25-11-9-23/h4-7H,8-11H2,1-3H3,(H2,21,22,24). The summed E-state index contributed by atoms with van der Waals surface area (Å²) in [6, 6.07) is 7.33. The number of morpholine rings is 1. The van der Waals surface area contributed by atoms with Gasteiger partial charge >= 0.3 is 6.03 Å². The molecule has 7 heteroatoms. The highest BCUT2D eigenvalue weighted by molar-refractivity contribution is 6.00. The summed E-state index contributed by atoms with van der Waals surface area (Å²) in [5.41, 5.74) is 4.01. The Hall–Kier alpha value is -2.67. The maximum Gasteiger partial charge on any atom is 0.323 e. The molecule has 0 bridgehead atoms. The Bertz CT molecular complexity index is 732. The van der Waals surface area contributed by atoms with Gasteiger partial charge in [-0.05, 0) is 32.9 Å². The molecule has 1 aliphatic rings. The first-order valence-corrected chi connectivity index (χ1v) is 8.35. The van der Waals surface area contributed by atoms with E-state index in [0.717, 1.165) is 35.7 Å². The van der Waals surface area contributed by atoms with Crippen molar-refractivity contribution in [2.24, 2.45) is 0 Å². The second kappa shape index (κ2) is 7.48. The van der Waals surface area contributed by atoms with Gasteiger partial charge in [0.15, 0.2) is 0 Å². The van der Waals surface area contributed by atoms with Gasteiger partial charge in [-0.1, -0.05) is 17.7 Å². The molecule has 0 aliphatic carbocycles. The molecule has 1 aromatic carbocycles. The van der Waals surface area contributed by atoms with E-state index >= 15 is 0 Å².